The van der Waals surface area contributed by atoms with Gasteiger partial charge in [0.05, 0.1) is 21.3 Å². The Labute approximate surface area is 136 Å². The van der Waals surface area contributed by atoms with Crippen molar-refractivity contribution < 1.29 is 22.3 Å². The van der Waals surface area contributed by atoms with Crippen molar-refractivity contribution in [1.29, 1.82) is 0 Å². The minimum Gasteiger partial charge on any atom is -0.386 e. The van der Waals surface area contributed by atoms with Crippen molar-refractivity contribution in [2.45, 2.75) is 31.1 Å². The third-order valence-electron chi connectivity index (χ3n) is 4.30. The van der Waals surface area contributed by atoms with Crippen molar-refractivity contribution in [1.82, 2.24) is 0 Å². The maximum Gasteiger partial charge on any atom is 0.308 e. The minimum atomic E-state index is -3.03. The molecule has 132 valence electrons. The highest BCUT2D eigenvalue weighted by atomic mass is 32.2. The van der Waals surface area contributed by atoms with Gasteiger partial charge in [-0.3, -0.25) is 19.3 Å². The summed E-state index contributed by atoms with van der Waals surface area (Å²) >= 11 is 0. The molecule has 2 atom stereocenters. The van der Waals surface area contributed by atoms with E-state index in [0.717, 1.165) is 0 Å². The number of hydrogen-bond acceptors (Lipinski definition) is 5. The Balaban J connectivity index is 2.86. The number of nitro groups is 1. The molecule has 10 heteroatoms. The molecule has 0 saturated heterocycles. The molecule has 0 radical (unpaired) electrons. The number of rotatable bonds is 2. The first kappa shape index (κ1) is 18.2. The normalized spacial score (nSPS) is 29.2. The predicted octanol–water partition coefficient (Wildman–Crippen LogP) is 2.09. The largest absolute Gasteiger partial charge is 0.386 e. The summed E-state index contributed by atoms with van der Waals surface area (Å²) in [4.78, 5) is 13.7. The molecule has 1 aromatic carbocycles. The van der Waals surface area contributed by atoms with E-state index in [1.54, 1.807) is 0 Å². The molecule has 0 saturated carbocycles. The summed E-state index contributed by atoms with van der Waals surface area (Å²) in [6, 6.07) is 0.152. The number of nitrogens with zero attached hydrogens (tertiary/aromatic N) is 2. The molecule has 1 aromatic rings. The van der Waals surface area contributed by atoms with Crippen LogP contribution in [0.5, 0.6) is 0 Å². The highest BCUT2D eigenvalue weighted by Crippen LogP contribution is 2.41. The number of nitro benzene ring substituents is 1. The van der Waals surface area contributed by atoms with Crippen LogP contribution in [0.2, 0.25) is 0 Å². The Kier molecular flexibility index (Phi) is 3.95. The van der Waals surface area contributed by atoms with Crippen molar-refractivity contribution in [2.24, 2.45) is 10.7 Å². The lowest BCUT2D eigenvalue weighted by molar-refractivity contribution is -0.387. The number of halogens is 3. The smallest absolute Gasteiger partial charge is 0.308 e. The first-order chi connectivity index (χ1) is 10.7. The molecule has 0 aromatic heterocycles. The van der Waals surface area contributed by atoms with Gasteiger partial charge in [-0.25, -0.2) is 8.78 Å². The van der Waals surface area contributed by atoms with Gasteiger partial charge in [0.1, 0.15) is 11.4 Å². The second kappa shape index (κ2) is 5.20. The van der Waals surface area contributed by atoms with E-state index >= 15 is 0 Å². The van der Waals surface area contributed by atoms with Crippen LogP contribution >= 0.6 is 0 Å². The lowest BCUT2D eigenvalue weighted by Gasteiger charge is -2.41. The van der Waals surface area contributed by atoms with Crippen LogP contribution in [0.15, 0.2) is 11.1 Å². The number of benzene rings is 1. The Bertz CT molecular complexity index is 881. The van der Waals surface area contributed by atoms with Crippen LogP contribution in [0.4, 0.5) is 18.9 Å². The zero-order valence-electron chi connectivity index (χ0n) is 13.2. The van der Waals surface area contributed by atoms with Crippen LogP contribution in [0.1, 0.15) is 26.3 Å². The number of amidine groups is 1. The average Bonchev–Trinajstić information content (AvgIpc) is 2.40. The molecule has 24 heavy (non-hydrogen) atoms. The maximum atomic E-state index is 14.5. The van der Waals surface area contributed by atoms with Crippen molar-refractivity contribution in [3.05, 3.63) is 39.2 Å². The van der Waals surface area contributed by atoms with Crippen LogP contribution in [0, 0.1) is 27.6 Å². The molecule has 2 rings (SSSR count). The van der Waals surface area contributed by atoms with E-state index < -0.39 is 59.2 Å². The SMILES string of the molecule is C=S1(=O)C[C@@](C)(c2c(F)c(F)cc([N+](=O)[O-])c2F)N=C(N)C1(C)C. The molecule has 6 nitrogen and oxygen atoms in total. The average molecular weight is 363 g/mol. The van der Waals surface area contributed by atoms with Gasteiger partial charge < -0.3 is 5.73 Å². The van der Waals surface area contributed by atoms with Gasteiger partial charge >= 0.3 is 5.69 Å². The van der Waals surface area contributed by atoms with E-state index in [9.17, 15) is 27.5 Å². The fraction of sp³-hybridized carbons (Fsp3) is 0.429. The highest BCUT2D eigenvalue weighted by Gasteiger charge is 2.48. The summed E-state index contributed by atoms with van der Waals surface area (Å²) in [5, 5.41) is 10.9. The molecule has 1 unspecified atom stereocenters. The molecule has 0 aliphatic carbocycles. The lowest BCUT2D eigenvalue weighted by Crippen LogP contribution is -2.55. The molecular weight excluding hydrogens is 347 g/mol. The van der Waals surface area contributed by atoms with E-state index in [1.807, 2.05) is 0 Å². The minimum absolute atomic E-state index is 0.152. The van der Waals surface area contributed by atoms with Gasteiger partial charge in [-0.2, -0.15) is 4.39 Å². The zero-order chi connectivity index (χ0) is 18.7. The van der Waals surface area contributed by atoms with Crippen molar-refractivity contribution in [3.63, 3.8) is 0 Å². The van der Waals surface area contributed by atoms with Crippen LogP contribution in [-0.4, -0.2) is 31.3 Å². The molecule has 1 aliphatic heterocycles. The summed E-state index contributed by atoms with van der Waals surface area (Å²) < 4.78 is 54.2. The van der Waals surface area contributed by atoms with E-state index in [0.29, 0.717) is 0 Å². The van der Waals surface area contributed by atoms with E-state index in [4.69, 9.17) is 5.73 Å². The zero-order valence-corrected chi connectivity index (χ0v) is 14.0. The van der Waals surface area contributed by atoms with Gasteiger partial charge in [0.15, 0.2) is 11.6 Å². The van der Waals surface area contributed by atoms with Gasteiger partial charge in [-0.05, 0) is 36.2 Å². The first-order valence-electron chi connectivity index (χ1n) is 6.77. The molecule has 1 aliphatic rings. The second-order valence-corrected chi connectivity index (χ2v) is 9.31. The molecule has 0 spiro atoms. The Morgan fingerprint density at radius 3 is 2.33 bits per heavy atom. The third-order valence-corrected chi connectivity index (χ3v) is 7.40. The molecule has 1 heterocycles. The molecule has 0 fully saturated rings. The van der Waals surface area contributed by atoms with Crippen LogP contribution in [0.3, 0.4) is 0 Å². The van der Waals surface area contributed by atoms with E-state index in [-0.39, 0.29) is 11.9 Å². The number of hydrogen-bond donors (Lipinski definition) is 1. The summed E-state index contributed by atoms with van der Waals surface area (Å²) in [5.41, 5.74) is 1.69. The van der Waals surface area contributed by atoms with Crippen LogP contribution in [-0.2, 0) is 15.1 Å². The van der Waals surface area contributed by atoms with Crippen molar-refractivity contribution in [3.8, 4) is 0 Å². The molecule has 0 bridgehead atoms. The highest BCUT2D eigenvalue weighted by molar-refractivity contribution is 8.02. The predicted molar refractivity (Wildman–Crippen MR) is 86.2 cm³/mol. The lowest BCUT2D eigenvalue weighted by atomic mass is 9.92. The van der Waals surface area contributed by atoms with Crippen molar-refractivity contribution in [2.75, 3.05) is 5.75 Å². The van der Waals surface area contributed by atoms with Gasteiger partial charge in [0, 0.05) is 5.75 Å². The fourth-order valence-corrected chi connectivity index (χ4v) is 4.49. The van der Waals surface area contributed by atoms with E-state index in [2.05, 4.69) is 10.9 Å². The number of aliphatic imine (C=N–C) groups is 1. The Morgan fingerprint density at radius 1 is 1.33 bits per heavy atom. The van der Waals surface area contributed by atoms with Gasteiger partial charge in [-0.1, -0.05) is 0 Å². The maximum absolute atomic E-state index is 14.5. The van der Waals surface area contributed by atoms with Crippen molar-refractivity contribution >= 4 is 26.9 Å². The van der Waals surface area contributed by atoms with Crippen LogP contribution in [0.25, 0.3) is 0 Å². The molecule has 0 amide bonds. The van der Waals surface area contributed by atoms with Crippen LogP contribution < -0.4 is 5.73 Å². The van der Waals surface area contributed by atoms with E-state index in [1.165, 1.54) is 20.8 Å². The summed E-state index contributed by atoms with van der Waals surface area (Å²) in [5.74, 6) is -1.85. The first-order valence-corrected chi connectivity index (χ1v) is 8.67. The molecule has 2 N–H and O–H groups in total. The summed E-state index contributed by atoms with van der Waals surface area (Å²) in [6.45, 7) is 4.22. The van der Waals surface area contributed by atoms with Gasteiger partial charge in [-0.15, -0.1) is 0 Å². The third kappa shape index (κ3) is 2.45. The van der Waals surface area contributed by atoms with Gasteiger partial charge in [0.25, 0.3) is 0 Å². The standard InChI is InChI=1S/C14H16F3N3O3S/c1-13(2)12(18)19-14(3,6-24(13,4)23)9-10(16)7(15)5-8(11(9)17)20(21)22/h5H,4,6H2,1-3H3,(H2,18,19)/t14-,24?/m0/s1. The Hall–Kier alpha value is -2.10. The summed E-state index contributed by atoms with van der Waals surface area (Å²) in [7, 11) is -3.03. The fourth-order valence-electron chi connectivity index (χ4n) is 2.58. The monoisotopic (exact) mass is 363 g/mol. The topological polar surface area (TPSA) is 98.6 Å². The van der Waals surface area contributed by atoms with Gasteiger partial charge in [0.2, 0.25) is 5.82 Å². The Morgan fingerprint density at radius 2 is 1.88 bits per heavy atom. The quantitative estimate of drug-likeness (QED) is 0.376. The molecular formula is C14H16F3N3O3S. The second-order valence-electron chi connectivity index (χ2n) is 6.37. The number of nitrogens with two attached hydrogens (primary N) is 1. The summed E-state index contributed by atoms with van der Waals surface area (Å²) in [6.07, 6.45) is 0.